The van der Waals surface area contributed by atoms with E-state index in [1.54, 1.807) is 0 Å². The molecule has 3 nitrogen and oxygen atoms in total. The Hall–Kier alpha value is -1.27. The summed E-state index contributed by atoms with van der Waals surface area (Å²) in [6, 6.07) is 6.07. The maximum absolute atomic E-state index is 8.64. The third-order valence-electron chi connectivity index (χ3n) is 3.07. The summed E-state index contributed by atoms with van der Waals surface area (Å²) in [6.07, 6.45) is 4.69. The number of anilines is 1. The molecular formula is C12H14ClN3. The summed E-state index contributed by atoms with van der Waals surface area (Å²) < 4.78 is 0. The number of nitrogens with zero attached hydrogens (tertiary/aromatic N) is 3. The summed E-state index contributed by atoms with van der Waals surface area (Å²) in [5, 5.41) is 9.17. The van der Waals surface area contributed by atoms with Gasteiger partial charge in [0.15, 0.2) is 0 Å². The van der Waals surface area contributed by atoms with Crippen LogP contribution in [0.3, 0.4) is 0 Å². The van der Waals surface area contributed by atoms with Crippen LogP contribution < -0.4 is 4.90 Å². The lowest BCUT2D eigenvalue weighted by Gasteiger charge is -2.32. The van der Waals surface area contributed by atoms with Crippen LogP contribution in [0.1, 0.15) is 19.3 Å². The van der Waals surface area contributed by atoms with Crippen molar-refractivity contribution in [1.82, 2.24) is 4.98 Å². The van der Waals surface area contributed by atoms with E-state index in [4.69, 9.17) is 16.9 Å². The van der Waals surface area contributed by atoms with Gasteiger partial charge in [-0.2, -0.15) is 5.26 Å². The number of rotatable bonds is 2. The molecule has 0 amide bonds. The van der Waals surface area contributed by atoms with Crippen molar-refractivity contribution >= 4 is 17.3 Å². The highest BCUT2D eigenvalue weighted by atomic mass is 35.5. The smallest absolute Gasteiger partial charge is 0.129 e. The molecule has 1 aliphatic heterocycles. The first-order valence-electron chi connectivity index (χ1n) is 5.53. The monoisotopic (exact) mass is 235 g/mol. The molecule has 16 heavy (non-hydrogen) atoms. The number of hydrogen-bond acceptors (Lipinski definition) is 3. The number of hydrogen-bond donors (Lipinski definition) is 0. The van der Waals surface area contributed by atoms with Crippen molar-refractivity contribution in [3.63, 3.8) is 0 Å². The van der Waals surface area contributed by atoms with Crippen LogP contribution in [0.15, 0.2) is 18.3 Å². The molecule has 0 spiro atoms. The number of aromatic nitrogens is 1. The zero-order chi connectivity index (χ0) is 11.4. The molecule has 2 rings (SSSR count). The van der Waals surface area contributed by atoms with Crippen LogP contribution in [-0.2, 0) is 0 Å². The lowest BCUT2D eigenvalue weighted by atomic mass is 9.94. The average Bonchev–Trinajstić information content (AvgIpc) is 2.32. The molecule has 0 radical (unpaired) electrons. The summed E-state index contributed by atoms with van der Waals surface area (Å²) in [5.74, 6) is 0.571. The van der Waals surface area contributed by atoms with E-state index in [2.05, 4.69) is 16.0 Å². The van der Waals surface area contributed by atoms with Gasteiger partial charge in [0.05, 0.1) is 18.0 Å². The highest BCUT2D eigenvalue weighted by Gasteiger charge is 2.19. The molecule has 1 fully saturated rings. The molecule has 84 valence electrons. The van der Waals surface area contributed by atoms with Crippen LogP contribution in [-0.4, -0.2) is 18.1 Å². The first kappa shape index (κ1) is 11.2. The Morgan fingerprint density at radius 2 is 2.19 bits per heavy atom. The van der Waals surface area contributed by atoms with Gasteiger partial charge in [-0.25, -0.2) is 4.98 Å². The summed E-state index contributed by atoms with van der Waals surface area (Å²) in [6.45, 7) is 2.02. The maximum Gasteiger partial charge on any atom is 0.129 e. The summed E-state index contributed by atoms with van der Waals surface area (Å²) in [5.41, 5.74) is 1.12. The molecule has 0 aliphatic carbocycles. The molecule has 4 heteroatoms. The van der Waals surface area contributed by atoms with E-state index in [-0.39, 0.29) is 0 Å². The Morgan fingerprint density at radius 1 is 1.44 bits per heavy atom. The topological polar surface area (TPSA) is 39.9 Å². The molecule has 1 saturated heterocycles. The van der Waals surface area contributed by atoms with Gasteiger partial charge in [0, 0.05) is 19.5 Å². The molecule has 0 bridgehead atoms. The summed E-state index contributed by atoms with van der Waals surface area (Å²) in [4.78, 5) is 6.38. The fourth-order valence-electron chi connectivity index (χ4n) is 2.08. The summed E-state index contributed by atoms with van der Waals surface area (Å²) >= 11 is 5.75. The van der Waals surface area contributed by atoms with Crippen molar-refractivity contribution in [2.24, 2.45) is 5.92 Å². The van der Waals surface area contributed by atoms with Crippen molar-refractivity contribution in [2.75, 3.05) is 18.0 Å². The fourth-order valence-corrected chi connectivity index (χ4v) is 2.19. The van der Waals surface area contributed by atoms with Gasteiger partial charge in [0.1, 0.15) is 5.15 Å². The Morgan fingerprint density at radius 3 is 2.75 bits per heavy atom. The first-order valence-corrected chi connectivity index (χ1v) is 5.91. The van der Waals surface area contributed by atoms with Crippen LogP contribution in [0.25, 0.3) is 0 Å². The van der Waals surface area contributed by atoms with Gasteiger partial charge in [0.25, 0.3) is 0 Å². The van der Waals surface area contributed by atoms with Gasteiger partial charge in [0.2, 0.25) is 0 Å². The minimum atomic E-state index is 0.531. The lowest BCUT2D eigenvalue weighted by Crippen LogP contribution is -2.33. The van der Waals surface area contributed by atoms with Crippen LogP contribution in [0.5, 0.6) is 0 Å². The van der Waals surface area contributed by atoms with E-state index in [0.29, 0.717) is 17.5 Å². The third kappa shape index (κ3) is 2.65. The van der Waals surface area contributed by atoms with Crippen molar-refractivity contribution in [3.8, 4) is 6.07 Å². The quantitative estimate of drug-likeness (QED) is 0.740. The van der Waals surface area contributed by atoms with Crippen LogP contribution in [0.2, 0.25) is 5.15 Å². The second-order valence-corrected chi connectivity index (χ2v) is 4.52. The van der Waals surface area contributed by atoms with Gasteiger partial charge in [-0.3, -0.25) is 0 Å². The average molecular weight is 236 g/mol. The summed E-state index contributed by atoms with van der Waals surface area (Å²) in [7, 11) is 0. The predicted octanol–water partition coefficient (Wildman–Crippen LogP) is 2.87. The molecule has 0 atom stereocenters. The Kier molecular flexibility index (Phi) is 3.63. The molecule has 0 unspecified atom stereocenters. The van der Waals surface area contributed by atoms with E-state index in [9.17, 15) is 0 Å². The molecule has 1 aromatic heterocycles. The highest BCUT2D eigenvalue weighted by molar-refractivity contribution is 6.29. The van der Waals surface area contributed by atoms with E-state index < -0.39 is 0 Å². The fraction of sp³-hybridized carbons (Fsp3) is 0.500. The minimum absolute atomic E-state index is 0.531. The molecule has 0 aromatic carbocycles. The number of pyridine rings is 1. The third-order valence-corrected chi connectivity index (χ3v) is 3.29. The van der Waals surface area contributed by atoms with Crippen molar-refractivity contribution in [3.05, 3.63) is 23.5 Å². The molecule has 2 heterocycles. The van der Waals surface area contributed by atoms with E-state index in [1.807, 2.05) is 18.3 Å². The second kappa shape index (κ2) is 5.18. The van der Waals surface area contributed by atoms with Gasteiger partial charge in [-0.05, 0) is 30.9 Å². The normalized spacial score (nSPS) is 17.1. The van der Waals surface area contributed by atoms with Gasteiger partial charge in [-0.1, -0.05) is 11.6 Å². The second-order valence-electron chi connectivity index (χ2n) is 4.13. The number of halogens is 1. The lowest BCUT2D eigenvalue weighted by molar-refractivity contribution is 0.412. The van der Waals surface area contributed by atoms with E-state index in [1.165, 1.54) is 0 Å². The minimum Gasteiger partial charge on any atom is -0.370 e. The van der Waals surface area contributed by atoms with E-state index in [0.717, 1.165) is 31.6 Å². The zero-order valence-electron chi connectivity index (χ0n) is 9.06. The first-order chi connectivity index (χ1) is 7.79. The Labute approximate surface area is 101 Å². The number of piperidine rings is 1. The van der Waals surface area contributed by atoms with Crippen LogP contribution >= 0.6 is 11.6 Å². The van der Waals surface area contributed by atoms with Gasteiger partial charge < -0.3 is 4.90 Å². The Balaban J connectivity index is 1.94. The largest absolute Gasteiger partial charge is 0.370 e. The number of nitriles is 1. The van der Waals surface area contributed by atoms with Crippen molar-refractivity contribution in [1.29, 1.82) is 5.26 Å². The maximum atomic E-state index is 8.64. The molecular weight excluding hydrogens is 222 g/mol. The predicted molar refractivity (Wildman–Crippen MR) is 64.4 cm³/mol. The molecule has 1 aromatic rings. The molecule has 0 saturated carbocycles. The van der Waals surface area contributed by atoms with Gasteiger partial charge in [-0.15, -0.1) is 0 Å². The SMILES string of the molecule is N#CCC1CCN(c2ccc(Cl)nc2)CC1. The van der Waals surface area contributed by atoms with Crippen molar-refractivity contribution < 1.29 is 0 Å². The molecule has 1 aliphatic rings. The molecule has 0 N–H and O–H groups in total. The van der Waals surface area contributed by atoms with Crippen LogP contribution in [0, 0.1) is 17.2 Å². The van der Waals surface area contributed by atoms with Gasteiger partial charge >= 0.3 is 0 Å². The van der Waals surface area contributed by atoms with E-state index >= 15 is 0 Å². The van der Waals surface area contributed by atoms with Crippen molar-refractivity contribution in [2.45, 2.75) is 19.3 Å². The standard InChI is InChI=1S/C12H14ClN3/c13-12-2-1-11(9-15-12)16-7-4-10(3-6-14)5-8-16/h1-2,9-10H,3-5,7-8H2. The zero-order valence-corrected chi connectivity index (χ0v) is 9.82. The Bertz CT molecular complexity index is 374. The highest BCUT2D eigenvalue weighted by Crippen LogP contribution is 2.24. The van der Waals surface area contributed by atoms with Crippen LogP contribution in [0.4, 0.5) is 5.69 Å².